The summed E-state index contributed by atoms with van der Waals surface area (Å²) in [4.78, 5) is 0. The second kappa shape index (κ2) is 5.16. The normalized spacial score (nSPS) is 13.2. The Balaban J connectivity index is 2.78. The van der Waals surface area contributed by atoms with Crippen molar-refractivity contribution >= 4 is 0 Å². The monoisotopic (exact) mass is 192 g/mol. The maximum absolute atomic E-state index is 9.06. The Hall–Kier alpha value is -0.820. The molecule has 0 aromatic heterocycles. The van der Waals surface area contributed by atoms with E-state index in [1.165, 1.54) is 11.1 Å². The summed E-state index contributed by atoms with van der Waals surface area (Å²) in [6.07, 6.45) is 1.12. The molecule has 1 unspecified atom stereocenters. The quantitative estimate of drug-likeness (QED) is 0.777. The first-order valence-electron chi connectivity index (χ1n) is 5.33. The Labute approximate surface area is 86.8 Å². The van der Waals surface area contributed by atoms with Crippen LogP contribution in [0.1, 0.15) is 37.8 Å². The molecule has 0 bridgehead atoms. The van der Waals surface area contributed by atoms with Crippen LogP contribution < -0.4 is 0 Å². The molecule has 1 nitrogen and oxygen atoms in total. The molecular formula is C13H20O. The smallest absolute Gasteiger partial charge is 0.0497 e. The first-order valence-corrected chi connectivity index (χ1v) is 5.33. The highest BCUT2D eigenvalue weighted by Crippen LogP contribution is 2.17. The van der Waals surface area contributed by atoms with Gasteiger partial charge < -0.3 is 5.11 Å². The van der Waals surface area contributed by atoms with E-state index < -0.39 is 0 Å². The van der Waals surface area contributed by atoms with Crippen LogP contribution in [0.5, 0.6) is 0 Å². The summed E-state index contributed by atoms with van der Waals surface area (Å²) in [7, 11) is 0. The highest BCUT2D eigenvalue weighted by atomic mass is 16.3. The van der Waals surface area contributed by atoms with E-state index in [0.717, 1.165) is 6.42 Å². The van der Waals surface area contributed by atoms with Gasteiger partial charge in [-0.1, -0.05) is 45.0 Å². The van der Waals surface area contributed by atoms with Gasteiger partial charge in [0.15, 0.2) is 0 Å². The van der Waals surface area contributed by atoms with Crippen LogP contribution in [0.3, 0.4) is 0 Å². The van der Waals surface area contributed by atoms with Crippen LogP contribution in [-0.2, 0) is 6.42 Å². The Morgan fingerprint density at radius 3 is 2.50 bits per heavy atom. The van der Waals surface area contributed by atoms with Crippen LogP contribution in [0.2, 0.25) is 0 Å². The molecule has 0 amide bonds. The van der Waals surface area contributed by atoms with Gasteiger partial charge >= 0.3 is 0 Å². The molecule has 78 valence electrons. The van der Waals surface area contributed by atoms with Gasteiger partial charge in [-0.25, -0.2) is 0 Å². The lowest BCUT2D eigenvalue weighted by atomic mass is 9.96. The molecule has 1 heteroatoms. The van der Waals surface area contributed by atoms with Crippen molar-refractivity contribution in [2.24, 2.45) is 5.92 Å². The lowest BCUT2D eigenvalue weighted by molar-refractivity contribution is 0.273. The van der Waals surface area contributed by atoms with Crippen molar-refractivity contribution in [3.63, 3.8) is 0 Å². The van der Waals surface area contributed by atoms with Crippen molar-refractivity contribution < 1.29 is 5.11 Å². The zero-order chi connectivity index (χ0) is 10.6. The van der Waals surface area contributed by atoms with Crippen molar-refractivity contribution in [1.29, 1.82) is 0 Å². The van der Waals surface area contributed by atoms with Crippen LogP contribution in [0.4, 0.5) is 0 Å². The molecule has 0 fully saturated rings. The lowest BCUT2D eigenvalue weighted by Gasteiger charge is -2.11. The topological polar surface area (TPSA) is 20.2 Å². The van der Waals surface area contributed by atoms with E-state index in [9.17, 15) is 0 Å². The summed E-state index contributed by atoms with van der Waals surface area (Å²) in [6, 6.07) is 8.54. The molecule has 0 saturated heterocycles. The lowest BCUT2D eigenvalue weighted by Crippen LogP contribution is -2.01. The third-order valence-electron chi connectivity index (χ3n) is 2.44. The molecule has 0 aliphatic heterocycles. The number of aliphatic hydroxyl groups is 1. The molecule has 1 rings (SSSR count). The summed E-state index contributed by atoms with van der Waals surface area (Å²) in [5.74, 6) is 0.941. The molecule has 0 heterocycles. The van der Waals surface area contributed by atoms with Gasteiger partial charge in [-0.05, 0) is 23.5 Å². The second-order valence-corrected chi connectivity index (χ2v) is 4.43. The van der Waals surface area contributed by atoms with Crippen molar-refractivity contribution in [1.82, 2.24) is 0 Å². The van der Waals surface area contributed by atoms with Crippen molar-refractivity contribution in [2.75, 3.05) is 6.61 Å². The molecular weight excluding hydrogens is 172 g/mol. The van der Waals surface area contributed by atoms with Gasteiger partial charge in [0.05, 0.1) is 0 Å². The van der Waals surface area contributed by atoms with Gasteiger partial charge in [0.25, 0.3) is 0 Å². The number of aliphatic hydroxyl groups excluding tert-OH is 1. The van der Waals surface area contributed by atoms with E-state index >= 15 is 0 Å². The highest BCUT2D eigenvalue weighted by Gasteiger charge is 2.05. The summed E-state index contributed by atoms with van der Waals surface area (Å²) >= 11 is 0. The van der Waals surface area contributed by atoms with Crippen molar-refractivity contribution in [2.45, 2.75) is 33.1 Å². The Morgan fingerprint density at radius 1 is 1.21 bits per heavy atom. The van der Waals surface area contributed by atoms with E-state index in [0.29, 0.717) is 5.92 Å². The Morgan fingerprint density at radius 2 is 1.93 bits per heavy atom. The minimum absolute atomic E-state index is 0.227. The number of hydrogen-bond acceptors (Lipinski definition) is 1. The Kier molecular flexibility index (Phi) is 4.15. The summed E-state index contributed by atoms with van der Waals surface area (Å²) in [6.45, 7) is 6.73. The average molecular weight is 192 g/mol. The molecule has 0 saturated carbocycles. The first-order chi connectivity index (χ1) is 6.63. The molecule has 14 heavy (non-hydrogen) atoms. The zero-order valence-electron chi connectivity index (χ0n) is 9.33. The zero-order valence-corrected chi connectivity index (χ0v) is 9.33. The fourth-order valence-electron chi connectivity index (χ4n) is 1.60. The third-order valence-corrected chi connectivity index (χ3v) is 2.44. The average Bonchev–Trinajstić information content (AvgIpc) is 2.16. The van der Waals surface area contributed by atoms with Crippen LogP contribution in [-0.4, -0.2) is 11.7 Å². The summed E-state index contributed by atoms with van der Waals surface area (Å²) < 4.78 is 0. The van der Waals surface area contributed by atoms with Crippen LogP contribution in [0, 0.1) is 5.92 Å². The molecule has 0 radical (unpaired) electrons. The van der Waals surface area contributed by atoms with Crippen molar-refractivity contribution in [3.8, 4) is 0 Å². The maximum atomic E-state index is 9.06. The molecule has 0 aliphatic carbocycles. The molecule has 1 atom stereocenters. The third kappa shape index (κ3) is 3.15. The predicted molar refractivity (Wildman–Crippen MR) is 60.5 cm³/mol. The standard InChI is InChI=1S/C13H20O/c1-10(2)7-12-5-4-6-13(8-12)11(3)9-14/h4-6,8,10-11,14H,7,9H2,1-3H3. The van der Waals surface area contributed by atoms with E-state index in [1.807, 2.05) is 0 Å². The van der Waals surface area contributed by atoms with E-state index in [4.69, 9.17) is 5.11 Å². The van der Waals surface area contributed by atoms with Gasteiger partial charge in [-0.3, -0.25) is 0 Å². The van der Waals surface area contributed by atoms with Gasteiger partial charge in [0, 0.05) is 12.5 Å². The molecule has 0 spiro atoms. The van der Waals surface area contributed by atoms with E-state index in [1.54, 1.807) is 0 Å². The molecule has 1 N–H and O–H groups in total. The largest absolute Gasteiger partial charge is 0.396 e. The summed E-state index contributed by atoms with van der Waals surface area (Å²) in [5, 5.41) is 9.06. The Bertz CT molecular complexity index is 278. The van der Waals surface area contributed by atoms with Crippen LogP contribution in [0.15, 0.2) is 24.3 Å². The molecule has 0 aliphatic rings. The van der Waals surface area contributed by atoms with Gasteiger partial charge in [-0.15, -0.1) is 0 Å². The summed E-state index contributed by atoms with van der Waals surface area (Å²) in [5.41, 5.74) is 2.61. The fraction of sp³-hybridized carbons (Fsp3) is 0.538. The first kappa shape index (κ1) is 11.3. The fourth-order valence-corrected chi connectivity index (χ4v) is 1.60. The predicted octanol–water partition coefficient (Wildman–Crippen LogP) is 2.98. The molecule has 1 aromatic carbocycles. The van der Waals surface area contributed by atoms with Crippen LogP contribution >= 0.6 is 0 Å². The number of rotatable bonds is 4. The minimum Gasteiger partial charge on any atom is -0.396 e. The van der Waals surface area contributed by atoms with Gasteiger partial charge in [0.2, 0.25) is 0 Å². The van der Waals surface area contributed by atoms with E-state index in [2.05, 4.69) is 45.0 Å². The van der Waals surface area contributed by atoms with Gasteiger partial charge in [0.1, 0.15) is 0 Å². The minimum atomic E-state index is 0.227. The van der Waals surface area contributed by atoms with Crippen LogP contribution in [0.25, 0.3) is 0 Å². The molecule has 1 aromatic rings. The maximum Gasteiger partial charge on any atom is 0.0497 e. The SMILES string of the molecule is CC(C)Cc1cccc(C(C)CO)c1. The van der Waals surface area contributed by atoms with Crippen molar-refractivity contribution in [3.05, 3.63) is 35.4 Å². The number of hydrogen-bond donors (Lipinski definition) is 1. The second-order valence-electron chi connectivity index (χ2n) is 4.43. The van der Waals surface area contributed by atoms with E-state index in [-0.39, 0.29) is 12.5 Å². The highest BCUT2D eigenvalue weighted by molar-refractivity contribution is 5.26. The number of benzene rings is 1. The van der Waals surface area contributed by atoms with Gasteiger partial charge in [-0.2, -0.15) is 0 Å².